The van der Waals surface area contributed by atoms with Crippen LogP contribution in [0.4, 0.5) is 12.9 Å². The van der Waals surface area contributed by atoms with Crippen molar-refractivity contribution in [1.82, 2.24) is 0 Å². The van der Waals surface area contributed by atoms with Crippen molar-refractivity contribution in [3.63, 3.8) is 0 Å². The van der Waals surface area contributed by atoms with Gasteiger partial charge in [-0.1, -0.05) is 0 Å². The van der Waals surface area contributed by atoms with Crippen molar-refractivity contribution in [3.05, 3.63) is 12.1 Å². The van der Waals surface area contributed by atoms with Gasteiger partial charge in [0.2, 0.25) is 0 Å². The van der Waals surface area contributed by atoms with Crippen LogP contribution in [0.25, 0.3) is 0 Å². The van der Waals surface area contributed by atoms with Crippen molar-refractivity contribution < 1.29 is 17.7 Å². The molecule has 0 N–H and O–H groups in total. The van der Waals surface area contributed by atoms with E-state index in [0.29, 0.717) is 13.0 Å². The van der Waals surface area contributed by atoms with E-state index in [4.69, 9.17) is 4.74 Å². The van der Waals surface area contributed by atoms with Gasteiger partial charge in [0, 0.05) is 6.61 Å². The lowest BCUT2D eigenvalue weighted by atomic mass is 9.72. The molecule has 1 fully saturated rings. The quantitative estimate of drug-likeness (QED) is 0.568. The summed E-state index contributed by atoms with van der Waals surface area (Å²) in [6, 6.07) is 0. The van der Waals surface area contributed by atoms with Gasteiger partial charge in [0.05, 0.1) is 6.61 Å². The van der Waals surface area contributed by atoms with Crippen LogP contribution in [0.1, 0.15) is 6.42 Å². The number of hydrogen-bond acceptors (Lipinski definition) is 1. The van der Waals surface area contributed by atoms with Crippen LogP contribution in [0.2, 0.25) is 0 Å². The van der Waals surface area contributed by atoms with Gasteiger partial charge in [0.25, 0.3) is 0 Å². The van der Waals surface area contributed by atoms with Crippen LogP contribution >= 0.6 is 0 Å². The molecule has 0 amide bonds. The molecule has 0 spiro atoms. The van der Waals surface area contributed by atoms with Crippen LogP contribution in [0.15, 0.2) is 12.1 Å². The summed E-state index contributed by atoms with van der Waals surface area (Å²) in [5.74, 6) is -0.491. The van der Waals surface area contributed by atoms with Crippen molar-refractivity contribution in [2.75, 3.05) is 13.2 Å². The second-order valence-corrected chi connectivity index (χ2v) is 2.71. The maximum absolute atomic E-state index is 12.0. The summed E-state index contributed by atoms with van der Waals surface area (Å²) in [5, 5.41) is 0. The Morgan fingerprint density at radius 3 is 2.45 bits per heavy atom. The first-order valence-corrected chi connectivity index (χ1v) is 3.48. The molecule has 1 nitrogen and oxygen atoms in total. The monoisotopic (exact) mass is 165 g/mol. The standard InChI is InChI=1S/C6H9BF3O/c1-5(7(8,9)10)6-2-3-11-4-6/h6H,1-4H2/q-1. The molecule has 0 radical (unpaired) electrons. The lowest BCUT2D eigenvalue weighted by molar-refractivity contribution is 0.190. The molecule has 0 aromatic heterocycles. The van der Waals surface area contributed by atoms with E-state index in [2.05, 4.69) is 6.58 Å². The van der Waals surface area contributed by atoms with Gasteiger partial charge >= 0.3 is 6.98 Å². The highest BCUT2D eigenvalue weighted by Gasteiger charge is 2.33. The lowest BCUT2D eigenvalue weighted by Gasteiger charge is -2.22. The molecule has 64 valence electrons. The topological polar surface area (TPSA) is 9.23 Å². The molecule has 1 atom stereocenters. The maximum Gasteiger partial charge on any atom is 0.505 e. The van der Waals surface area contributed by atoms with Crippen molar-refractivity contribution >= 4 is 6.98 Å². The van der Waals surface area contributed by atoms with Gasteiger partial charge in [-0.3, -0.25) is 0 Å². The van der Waals surface area contributed by atoms with Gasteiger partial charge < -0.3 is 17.7 Å². The average Bonchev–Trinajstić information content (AvgIpc) is 2.34. The predicted molar refractivity (Wildman–Crippen MR) is 37.1 cm³/mol. The molecular weight excluding hydrogens is 156 g/mol. The number of rotatable bonds is 2. The van der Waals surface area contributed by atoms with Crippen molar-refractivity contribution in [2.45, 2.75) is 6.42 Å². The van der Waals surface area contributed by atoms with Crippen molar-refractivity contribution in [2.24, 2.45) is 5.92 Å². The fourth-order valence-corrected chi connectivity index (χ4v) is 1.09. The lowest BCUT2D eigenvalue weighted by Crippen LogP contribution is -2.25. The van der Waals surface area contributed by atoms with E-state index < -0.39 is 18.4 Å². The summed E-state index contributed by atoms with van der Waals surface area (Å²) in [6.45, 7) is -1.22. The van der Waals surface area contributed by atoms with E-state index in [0.717, 1.165) is 0 Å². The van der Waals surface area contributed by atoms with Gasteiger partial charge in [-0.2, -0.15) is 0 Å². The Morgan fingerprint density at radius 2 is 2.09 bits per heavy atom. The highest BCUT2D eigenvalue weighted by atomic mass is 19.4. The van der Waals surface area contributed by atoms with Gasteiger partial charge in [-0.15, -0.1) is 12.1 Å². The van der Waals surface area contributed by atoms with E-state index >= 15 is 0 Å². The molecule has 0 bridgehead atoms. The molecule has 0 aromatic rings. The largest absolute Gasteiger partial charge is 0.505 e. The SMILES string of the molecule is C=C(C1CCOC1)[B-](F)(F)F. The minimum absolute atomic E-state index is 0.181. The first kappa shape index (κ1) is 8.65. The summed E-state index contributed by atoms with van der Waals surface area (Å²) in [7, 11) is 0. The molecule has 1 saturated heterocycles. The molecule has 0 aromatic carbocycles. The van der Waals surface area contributed by atoms with Gasteiger partial charge in [0.1, 0.15) is 0 Å². The van der Waals surface area contributed by atoms with Gasteiger partial charge in [-0.05, 0) is 12.3 Å². The number of hydrogen-bond donors (Lipinski definition) is 0. The third-order valence-electron chi connectivity index (χ3n) is 1.87. The third-order valence-corrected chi connectivity index (χ3v) is 1.87. The number of halogens is 3. The smallest absolute Gasteiger partial charge is 0.445 e. The molecular formula is C6H9BF3O-. The van der Waals surface area contributed by atoms with Gasteiger partial charge in [0.15, 0.2) is 0 Å². The van der Waals surface area contributed by atoms with E-state index in [9.17, 15) is 12.9 Å². The minimum Gasteiger partial charge on any atom is -0.445 e. The summed E-state index contributed by atoms with van der Waals surface area (Å²) in [6.07, 6.45) is 0.458. The average molecular weight is 165 g/mol. The fraction of sp³-hybridized carbons (Fsp3) is 0.667. The third kappa shape index (κ3) is 1.99. The molecule has 1 rings (SSSR count). The van der Waals surface area contributed by atoms with Crippen LogP contribution in [-0.4, -0.2) is 20.2 Å². The summed E-state index contributed by atoms with van der Waals surface area (Å²) in [5.41, 5.74) is -0.595. The Bertz CT molecular complexity index is 160. The zero-order valence-electron chi connectivity index (χ0n) is 6.03. The van der Waals surface area contributed by atoms with E-state index in [1.807, 2.05) is 0 Å². The summed E-state index contributed by atoms with van der Waals surface area (Å²) in [4.78, 5) is 0. The molecule has 5 heteroatoms. The van der Waals surface area contributed by atoms with Gasteiger partial charge in [-0.25, -0.2) is 0 Å². The molecule has 1 aliphatic rings. The Hall–Kier alpha value is -0.445. The highest BCUT2D eigenvalue weighted by molar-refractivity contribution is 6.66. The fourth-order valence-electron chi connectivity index (χ4n) is 1.09. The summed E-state index contributed by atoms with van der Waals surface area (Å²) >= 11 is 0. The first-order valence-electron chi connectivity index (χ1n) is 3.48. The van der Waals surface area contributed by atoms with Crippen LogP contribution in [0, 0.1) is 5.92 Å². The van der Waals surface area contributed by atoms with Crippen LogP contribution < -0.4 is 0 Å². The Kier molecular flexibility index (Phi) is 2.27. The molecule has 1 unspecified atom stereocenters. The highest BCUT2D eigenvalue weighted by Crippen LogP contribution is 2.30. The Balaban J connectivity index is 2.53. The van der Waals surface area contributed by atoms with Crippen molar-refractivity contribution in [3.8, 4) is 0 Å². The molecule has 0 saturated carbocycles. The zero-order valence-corrected chi connectivity index (χ0v) is 6.03. The minimum atomic E-state index is -4.86. The van der Waals surface area contributed by atoms with Crippen molar-refractivity contribution in [1.29, 1.82) is 0 Å². The van der Waals surface area contributed by atoms with E-state index in [1.165, 1.54) is 0 Å². The normalized spacial score (nSPS) is 25.5. The van der Waals surface area contributed by atoms with Crippen LogP contribution in [0.3, 0.4) is 0 Å². The Morgan fingerprint density at radius 1 is 1.45 bits per heavy atom. The predicted octanol–water partition coefficient (Wildman–Crippen LogP) is 1.97. The van der Waals surface area contributed by atoms with E-state index in [-0.39, 0.29) is 6.61 Å². The number of ether oxygens (including phenoxy) is 1. The molecule has 0 aliphatic carbocycles. The Labute approximate surface area is 63.3 Å². The van der Waals surface area contributed by atoms with E-state index in [1.54, 1.807) is 0 Å². The molecule has 1 heterocycles. The summed E-state index contributed by atoms with van der Waals surface area (Å²) < 4.78 is 40.8. The first-order chi connectivity index (χ1) is 5.02. The molecule has 1 aliphatic heterocycles. The van der Waals surface area contributed by atoms with Crippen LogP contribution in [0.5, 0.6) is 0 Å². The zero-order chi connectivity index (χ0) is 8.48. The second-order valence-electron chi connectivity index (χ2n) is 2.71. The molecule has 11 heavy (non-hydrogen) atoms. The maximum atomic E-state index is 12.0. The van der Waals surface area contributed by atoms with Crippen LogP contribution in [-0.2, 0) is 4.74 Å². The second kappa shape index (κ2) is 2.89.